The van der Waals surface area contributed by atoms with Crippen LogP contribution in [0, 0.1) is 0 Å². The average molecular weight is 517 g/mol. The maximum absolute atomic E-state index is 13.2. The fourth-order valence-corrected chi connectivity index (χ4v) is 5.50. The van der Waals surface area contributed by atoms with Crippen molar-refractivity contribution in [2.75, 3.05) is 13.7 Å². The molecule has 0 saturated heterocycles. The van der Waals surface area contributed by atoms with Gasteiger partial charge in [-0.25, -0.2) is 4.68 Å². The Labute approximate surface area is 222 Å². The molecular weight excluding hydrogens is 480 g/mol. The number of tetrazole rings is 1. The molecule has 1 aliphatic carbocycles. The van der Waals surface area contributed by atoms with Gasteiger partial charge in [0.15, 0.2) is 5.82 Å². The van der Waals surface area contributed by atoms with Crippen LogP contribution >= 0.6 is 0 Å². The second kappa shape index (κ2) is 11.8. The van der Waals surface area contributed by atoms with Crippen molar-refractivity contribution in [1.29, 1.82) is 0 Å². The molecule has 1 unspecified atom stereocenters. The lowest BCUT2D eigenvalue weighted by Crippen LogP contribution is -2.32. The number of fused-ring (bicyclic) bond motifs is 1. The molecule has 38 heavy (non-hydrogen) atoms. The highest BCUT2D eigenvalue weighted by molar-refractivity contribution is 5.80. The summed E-state index contributed by atoms with van der Waals surface area (Å²) in [4.78, 5) is 18.6. The van der Waals surface area contributed by atoms with Gasteiger partial charge < -0.3 is 14.5 Å². The van der Waals surface area contributed by atoms with Gasteiger partial charge in [-0.05, 0) is 78.6 Å². The third-order valence-electron chi connectivity index (χ3n) is 7.44. The Balaban J connectivity index is 1.52. The average Bonchev–Trinajstić information content (AvgIpc) is 3.63. The lowest BCUT2D eigenvalue weighted by Gasteiger charge is -2.31. The molecule has 9 nitrogen and oxygen atoms in total. The van der Waals surface area contributed by atoms with Crippen molar-refractivity contribution < 1.29 is 9.47 Å². The van der Waals surface area contributed by atoms with E-state index in [1.165, 1.54) is 12.8 Å². The molecule has 2 aromatic carbocycles. The molecule has 2 heterocycles. The summed E-state index contributed by atoms with van der Waals surface area (Å²) in [5, 5.41) is 13.9. The molecule has 200 valence electrons. The first-order chi connectivity index (χ1) is 18.6. The van der Waals surface area contributed by atoms with E-state index >= 15 is 0 Å². The van der Waals surface area contributed by atoms with E-state index in [1.807, 2.05) is 48.0 Å². The van der Waals surface area contributed by atoms with Gasteiger partial charge in [0.2, 0.25) is 0 Å². The molecule has 4 aromatic rings. The normalized spacial score (nSPS) is 14.8. The summed E-state index contributed by atoms with van der Waals surface area (Å²) in [6.07, 6.45) is 5.40. The Bertz CT molecular complexity index is 1410. The topological polar surface area (TPSA) is 98.2 Å². The summed E-state index contributed by atoms with van der Waals surface area (Å²) in [6.45, 7) is 5.79. The smallest absolute Gasteiger partial charge is 0.252 e. The van der Waals surface area contributed by atoms with Crippen molar-refractivity contribution >= 4 is 10.9 Å². The number of methoxy groups -OCH3 is 1. The number of hydrogen-bond acceptors (Lipinski definition) is 7. The molecule has 0 spiro atoms. The van der Waals surface area contributed by atoms with E-state index in [2.05, 4.69) is 44.5 Å². The molecule has 0 amide bonds. The van der Waals surface area contributed by atoms with E-state index in [1.54, 1.807) is 7.11 Å². The maximum atomic E-state index is 13.2. The molecule has 9 heteroatoms. The maximum Gasteiger partial charge on any atom is 0.252 e. The predicted molar refractivity (Wildman–Crippen MR) is 146 cm³/mol. The summed E-state index contributed by atoms with van der Waals surface area (Å²) in [5.41, 5.74) is 2.52. The summed E-state index contributed by atoms with van der Waals surface area (Å²) in [7, 11) is 1.67. The Morgan fingerprint density at radius 1 is 1.05 bits per heavy atom. The summed E-state index contributed by atoms with van der Waals surface area (Å²) >= 11 is 0. The monoisotopic (exact) mass is 516 g/mol. The number of pyridine rings is 1. The van der Waals surface area contributed by atoms with Gasteiger partial charge in [-0.15, -0.1) is 5.10 Å². The third kappa shape index (κ3) is 5.57. The number of benzene rings is 2. The molecule has 0 aliphatic heterocycles. The molecule has 1 fully saturated rings. The van der Waals surface area contributed by atoms with E-state index < -0.39 is 0 Å². The Hall–Kier alpha value is -3.72. The summed E-state index contributed by atoms with van der Waals surface area (Å²) < 4.78 is 13.1. The Kier molecular flexibility index (Phi) is 8.03. The number of rotatable bonds is 11. The van der Waals surface area contributed by atoms with Gasteiger partial charge in [0.05, 0.1) is 25.8 Å². The van der Waals surface area contributed by atoms with Gasteiger partial charge in [0.25, 0.3) is 5.56 Å². The molecule has 5 rings (SSSR count). The first-order valence-corrected chi connectivity index (χ1v) is 13.5. The van der Waals surface area contributed by atoms with Crippen molar-refractivity contribution in [2.24, 2.45) is 0 Å². The van der Waals surface area contributed by atoms with Crippen molar-refractivity contribution in [3.63, 3.8) is 0 Å². The van der Waals surface area contributed by atoms with Crippen LogP contribution in [0.4, 0.5) is 0 Å². The van der Waals surface area contributed by atoms with Crippen LogP contribution < -0.4 is 15.0 Å². The van der Waals surface area contributed by atoms with E-state index in [9.17, 15) is 4.79 Å². The van der Waals surface area contributed by atoms with E-state index in [-0.39, 0.29) is 11.6 Å². The predicted octanol–water partition coefficient (Wildman–Crippen LogP) is 5.19. The van der Waals surface area contributed by atoms with Crippen molar-refractivity contribution in [2.45, 2.75) is 71.1 Å². The largest absolute Gasteiger partial charge is 0.497 e. The Morgan fingerprint density at radius 2 is 1.82 bits per heavy atom. The molecule has 2 aromatic heterocycles. The molecule has 0 bridgehead atoms. The van der Waals surface area contributed by atoms with Crippen LogP contribution in [-0.4, -0.2) is 43.8 Å². The fourth-order valence-electron chi connectivity index (χ4n) is 5.50. The molecule has 1 atom stereocenters. The van der Waals surface area contributed by atoms with Crippen LogP contribution in [0.3, 0.4) is 0 Å². The second-order valence-electron chi connectivity index (χ2n) is 9.90. The minimum absolute atomic E-state index is 0.0578. The first-order valence-electron chi connectivity index (χ1n) is 13.5. The second-order valence-corrected chi connectivity index (χ2v) is 9.90. The van der Waals surface area contributed by atoms with Gasteiger partial charge in [-0.3, -0.25) is 9.69 Å². The van der Waals surface area contributed by atoms with Crippen LogP contribution in [0.25, 0.3) is 10.9 Å². The number of nitrogens with one attached hydrogen (secondary N) is 1. The third-order valence-corrected chi connectivity index (χ3v) is 7.44. The number of ether oxygens (including phenoxy) is 2. The zero-order valence-electron chi connectivity index (χ0n) is 22.4. The number of aromatic nitrogens is 5. The van der Waals surface area contributed by atoms with E-state index in [0.29, 0.717) is 31.3 Å². The molecule has 1 aliphatic rings. The summed E-state index contributed by atoms with van der Waals surface area (Å²) in [6, 6.07) is 16.1. The van der Waals surface area contributed by atoms with Gasteiger partial charge >= 0.3 is 0 Å². The number of nitrogens with zero attached hydrogens (tertiary/aromatic N) is 5. The zero-order valence-corrected chi connectivity index (χ0v) is 22.4. The Morgan fingerprint density at radius 3 is 2.53 bits per heavy atom. The lowest BCUT2D eigenvalue weighted by atomic mass is 10.1. The SMILES string of the molecule is CCOc1ccc2[nH]c(=O)c(CN(Cc3ccc(OC)cc3)C(CC)c3nnnn3C3CCCC3)cc2c1. The number of aromatic amines is 1. The first kappa shape index (κ1) is 25.9. The van der Waals surface area contributed by atoms with Crippen LogP contribution in [0.1, 0.15) is 75.0 Å². The molecule has 0 radical (unpaired) electrons. The van der Waals surface area contributed by atoms with Crippen LogP contribution in [0.2, 0.25) is 0 Å². The van der Waals surface area contributed by atoms with Crippen LogP contribution in [-0.2, 0) is 13.1 Å². The van der Waals surface area contributed by atoms with Gasteiger partial charge in [-0.1, -0.05) is 31.9 Å². The zero-order chi connectivity index (χ0) is 26.5. The van der Waals surface area contributed by atoms with E-state index in [0.717, 1.165) is 53.1 Å². The van der Waals surface area contributed by atoms with Gasteiger partial charge in [-0.2, -0.15) is 0 Å². The van der Waals surface area contributed by atoms with Gasteiger partial charge in [0, 0.05) is 29.6 Å². The highest BCUT2D eigenvalue weighted by atomic mass is 16.5. The minimum Gasteiger partial charge on any atom is -0.497 e. The molecular formula is C29H36N6O3. The van der Waals surface area contributed by atoms with Gasteiger partial charge in [0.1, 0.15) is 11.5 Å². The van der Waals surface area contributed by atoms with Crippen molar-refractivity contribution in [1.82, 2.24) is 30.1 Å². The fraction of sp³-hybridized carbons (Fsp3) is 0.448. The highest BCUT2D eigenvalue weighted by Gasteiger charge is 2.29. The number of hydrogen-bond donors (Lipinski definition) is 1. The van der Waals surface area contributed by atoms with Crippen LogP contribution in [0.15, 0.2) is 53.3 Å². The lowest BCUT2D eigenvalue weighted by molar-refractivity contribution is 0.158. The van der Waals surface area contributed by atoms with Crippen molar-refractivity contribution in [3.8, 4) is 11.5 Å². The summed E-state index contributed by atoms with van der Waals surface area (Å²) in [5.74, 6) is 2.47. The quantitative estimate of drug-likeness (QED) is 0.293. The van der Waals surface area contributed by atoms with Crippen LogP contribution in [0.5, 0.6) is 11.5 Å². The highest BCUT2D eigenvalue weighted by Crippen LogP contribution is 2.33. The standard InChI is InChI=1S/C29H36N6O3/c1-4-27(28-31-32-33-35(28)23-8-6-7-9-23)34(18-20-10-12-24(37-3)13-11-20)19-22-16-21-17-25(38-5-2)14-15-26(21)30-29(22)36/h10-17,23,27H,4-9,18-19H2,1-3H3,(H,30,36). The molecule has 1 saturated carbocycles. The van der Waals surface area contributed by atoms with E-state index in [4.69, 9.17) is 9.47 Å². The minimum atomic E-state index is -0.0911. The number of H-pyrrole nitrogens is 1. The molecule has 1 N–H and O–H groups in total. The van der Waals surface area contributed by atoms with Crippen molar-refractivity contribution in [3.05, 3.63) is 75.8 Å².